The maximum absolute atomic E-state index is 13.4. The van der Waals surface area contributed by atoms with Crippen LogP contribution in [0.4, 0.5) is 4.79 Å². The molecule has 1 fully saturated rings. The number of hydrogen-bond donors (Lipinski definition) is 3. The van der Waals surface area contributed by atoms with Crippen LogP contribution in [-0.4, -0.2) is 64.3 Å². The van der Waals surface area contributed by atoms with Crippen LogP contribution in [-0.2, 0) is 20.4 Å². The Labute approximate surface area is 219 Å². The predicted molar refractivity (Wildman–Crippen MR) is 141 cm³/mol. The summed E-state index contributed by atoms with van der Waals surface area (Å²) in [5, 5.41) is 12.2. The first kappa shape index (κ1) is 27.0. The van der Waals surface area contributed by atoms with Crippen LogP contribution < -0.4 is 10.6 Å². The fourth-order valence-electron chi connectivity index (χ4n) is 3.94. The summed E-state index contributed by atoms with van der Waals surface area (Å²) in [6.07, 6.45) is 4.40. The topological polar surface area (TPSA) is 116 Å². The van der Waals surface area contributed by atoms with Crippen molar-refractivity contribution in [1.29, 1.82) is 0 Å². The summed E-state index contributed by atoms with van der Waals surface area (Å²) in [7, 11) is 0. The molecule has 0 aliphatic carbocycles. The molecule has 1 unspecified atom stereocenters. The van der Waals surface area contributed by atoms with Gasteiger partial charge in [0.1, 0.15) is 11.6 Å². The summed E-state index contributed by atoms with van der Waals surface area (Å²) in [5.41, 5.74) is 2.03. The van der Waals surface area contributed by atoms with Crippen molar-refractivity contribution < 1.29 is 19.1 Å². The molecular formula is C25H34IN5O4. The molecule has 0 saturated carbocycles. The van der Waals surface area contributed by atoms with Crippen LogP contribution in [0.25, 0.3) is 0 Å². The Hall–Kier alpha value is -2.63. The summed E-state index contributed by atoms with van der Waals surface area (Å²) in [4.78, 5) is 39.9. The Kier molecular flexibility index (Phi) is 9.53. The molecule has 1 atom stereocenters. The van der Waals surface area contributed by atoms with E-state index >= 15 is 0 Å². The normalized spacial score (nSPS) is 15.4. The van der Waals surface area contributed by atoms with Crippen LogP contribution in [0.3, 0.4) is 0 Å². The van der Waals surface area contributed by atoms with Gasteiger partial charge in [-0.3, -0.25) is 14.7 Å². The first-order valence-electron chi connectivity index (χ1n) is 11.8. The molecule has 35 heavy (non-hydrogen) atoms. The number of ether oxygens (including phenoxy) is 1. The molecule has 3 N–H and O–H groups in total. The van der Waals surface area contributed by atoms with Gasteiger partial charge in [-0.2, -0.15) is 5.10 Å². The van der Waals surface area contributed by atoms with Crippen molar-refractivity contribution in [3.8, 4) is 0 Å². The van der Waals surface area contributed by atoms with E-state index in [1.54, 1.807) is 31.9 Å². The van der Waals surface area contributed by atoms with Crippen molar-refractivity contribution in [2.45, 2.75) is 56.1 Å². The van der Waals surface area contributed by atoms with E-state index in [0.717, 1.165) is 22.8 Å². The highest BCUT2D eigenvalue weighted by atomic mass is 127. The van der Waals surface area contributed by atoms with Gasteiger partial charge in [0.2, 0.25) is 5.91 Å². The fourth-order valence-corrected chi connectivity index (χ4v) is 4.45. The number of carbonyl (C=O) groups excluding carboxylic acids is 3. The second kappa shape index (κ2) is 12.4. The highest BCUT2D eigenvalue weighted by Gasteiger charge is 2.31. The Bertz CT molecular complexity index is 980. The number of H-pyrrole nitrogens is 1. The third-order valence-corrected chi connectivity index (χ3v) is 6.72. The van der Waals surface area contributed by atoms with E-state index in [0.29, 0.717) is 31.6 Å². The van der Waals surface area contributed by atoms with E-state index in [1.807, 2.05) is 24.3 Å². The Morgan fingerprint density at radius 2 is 1.83 bits per heavy atom. The number of benzene rings is 1. The minimum atomic E-state index is -0.715. The van der Waals surface area contributed by atoms with Crippen LogP contribution in [0.15, 0.2) is 36.7 Å². The molecule has 9 nitrogen and oxygen atoms in total. The Balaban J connectivity index is 1.58. The quantitative estimate of drug-likeness (QED) is 0.320. The lowest BCUT2D eigenvalue weighted by Gasteiger charge is -2.34. The Morgan fingerprint density at radius 3 is 2.40 bits per heavy atom. The highest BCUT2D eigenvalue weighted by molar-refractivity contribution is 14.1. The summed E-state index contributed by atoms with van der Waals surface area (Å²) in [5.74, 6) is 0.00941. The van der Waals surface area contributed by atoms with Crippen molar-refractivity contribution in [1.82, 2.24) is 25.7 Å². The SMILES string of the molecule is CC(C)(C)OC(=O)NC(Cc1ccc(CI)cc1)C(=O)N1CCC(CNC(=O)c2cn[nH]c2)CC1. The second-order valence-corrected chi connectivity index (χ2v) is 10.6. The molecule has 1 saturated heterocycles. The van der Waals surface area contributed by atoms with Crippen LogP contribution >= 0.6 is 22.6 Å². The predicted octanol–water partition coefficient (Wildman–Crippen LogP) is 3.45. The van der Waals surface area contributed by atoms with Gasteiger partial charge >= 0.3 is 6.09 Å². The number of rotatable bonds is 8. The van der Waals surface area contributed by atoms with Crippen molar-refractivity contribution in [3.05, 3.63) is 53.3 Å². The molecule has 0 bridgehead atoms. The van der Waals surface area contributed by atoms with E-state index < -0.39 is 17.7 Å². The molecule has 3 amide bonds. The van der Waals surface area contributed by atoms with E-state index in [1.165, 1.54) is 11.8 Å². The van der Waals surface area contributed by atoms with E-state index in [9.17, 15) is 14.4 Å². The molecule has 2 heterocycles. The number of alkyl halides is 1. The average Bonchev–Trinajstić information content (AvgIpc) is 3.36. The number of alkyl carbamates (subject to hydrolysis) is 1. The number of amides is 3. The largest absolute Gasteiger partial charge is 0.444 e. The number of nitrogens with zero attached hydrogens (tertiary/aromatic N) is 2. The zero-order valence-corrected chi connectivity index (χ0v) is 22.6. The molecule has 2 aromatic rings. The number of likely N-dealkylation sites (tertiary alicyclic amines) is 1. The van der Waals surface area contributed by atoms with Gasteiger partial charge in [-0.1, -0.05) is 46.9 Å². The minimum absolute atomic E-state index is 0.116. The van der Waals surface area contributed by atoms with Gasteiger partial charge in [0.05, 0.1) is 11.8 Å². The lowest BCUT2D eigenvalue weighted by atomic mass is 9.95. The van der Waals surface area contributed by atoms with Gasteiger partial charge in [-0.05, 0) is 50.7 Å². The van der Waals surface area contributed by atoms with Gasteiger partial charge in [-0.15, -0.1) is 0 Å². The number of piperidine rings is 1. The first-order chi connectivity index (χ1) is 16.6. The summed E-state index contributed by atoms with van der Waals surface area (Å²) < 4.78 is 6.32. The zero-order chi connectivity index (χ0) is 25.4. The van der Waals surface area contributed by atoms with Crippen LogP contribution in [0.5, 0.6) is 0 Å². The van der Waals surface area contributed by atoms with E-state index in [2.05, 4.69) is 43.4 Å². The number of halogens is 1. The smallest absolute Gasteiger partial charge is 0.408 e. The van der Waals surface area contributed by atoms with Crippen molar-refractivity contribution in [3.63, 3.8) is 0 Å². The number of carbonyl (C=O) groups is 3. The zero-order valence-electron chi connectivity index (χ0n) is 20.5. The standard InChI is InChI=1S/C25H34IN5O4/c1-25(2,3)35-24(34)30-21(12-17-4-6-18(13-26)7-5-17)23(33)31-10-8-19(9-11-31)14-27-22(32)20-15-28-29-16-20/h4-7,15-16,19,21H,8-14H2,1-3H3,(H,27,32)(H,28,29)(H,30,34). The maximum atomic E-state index is 13.4. The molecule has 1 aromatic carbocycles. The maximum Gasteiger partial charge on any atom is 0.408 e. The molecule has 3 rings (SSSR count). The number of aromatic amines is 1. The third-order valence-electron chi connectivity index (χ3n) is 5.84. The van der Waals surface area contributed by atoms with Crippen molar-refractivity contribution >= 4 is 40.5 Å². The fraction of sp³-hybridized carbons (Fsp3) is 0.520. The van der Waals surface area contributed by atoms with E-state index in [4.69, 9.17) is 4.74 Å². The number of nitrogens with one attached hydrogen (secondary N) is 3. The summed E-state index contributed by atoms with van der Waals surface area (Å²) in [6, 6.07) is 7.37. The van der Waals surface area contributed by atoms with Gasteiger partial charge in [0.25, 0.3) is 5.91 Å². The van der Waals surface area contributed by atoms with Crippen LogP contribution in [0, 0.1) is 5.92 Å². The van der Waals surface area contributed by atoms with E-state index in [-0.39, 0.29) is 17.7 Å². The summed E-state index contributed by atoms with van der Waals surface area (Å²) in [6.45, 7) is 7.08. The van der Waals surface area contributed by atoms with Crippen molar-refractivity contribution in [2.24, 2.45) is 5.92 Å². The van der Waals surface area contributed by atoms with Crippen LogP contribution in [0.1, 0.15) is 55.1 Å². The number of hydrogen-bond acceptors (Lipinski definition) is 5. The van der Waals surface area contributed by atoms with Gasteiger partial charge in [0, 0.05) is 36.7 Å². The molecule has 0 spiro atoms. The van der Waals surface area contributed by atoms with Gasteiger partial charge in [-0.25, -0.2) is 4.79 Å². The molecule has 0 radical (unpaired) electrons. The monoisotopic (exact) mass is 595 g/mol. The first-order valence-corrected chi connectivity index (χ1v) is 13.4. The third kappa shape index (κ3) is 8.52. The molecule has 10 heteroatoms. The molecular weight excluding hydrogens is 561 g/mol. The Morgan fingerprint density at radius 1 is 1.17 bits per heavy atom. The molecule has 190 valence electrons. The van der Waals surface area contributed by atoms with Crippen molar-refractivity contribution in [2.75, 3.05) is 19.6 Å². The molecule has 1 aliphatic rings. The lowest BCUT2D eigenvalue weighted by molar-refractivity contribution is -0.134. The average molecular weight is 595 g/mol. The molecule has 1 aromatic heterocycles. The van der Waals surface area contributed by atoms with Crippen LogP contribution in [0.2, 0.25) is 0 Å². The highest BCUT2D eigenvalue weighted by Crippen LogP contribution is 2.19. The second-order valence-electron chi connectivity index (χ2n) is 9.82. The minimum Gasteiger partial charge on any atom is -0.444 e. The van der Waals surface area contributed by atoms with Gasteiger partial charge in [0.15, 0.2) is 0 Å². The molecule has 1 aliphatic heterocycles. The van der Waals surface area contributed by atoms with Gasteiger partial charge < -0.3 is 20.3 Å². The summed E-state index contributed by atoms with van der Waals surface area (Å²) >= 11 is 2.31. The number of aromatic nitrogens is 2. The lowest BCUT2D eigenvalue weighted by Crippen LogP contribution is -2.53.